The lowest BCUT2D eigenvalue weighted by Crippen LogP contribution is -2.30. The van der Waals surface area contributed by atoms with Gasteiger partial charge in [0.25, 0.3) is 5.88 Å². The van der Waals surface area contributed by atoms with Crippen LogP contribution in [0.3, 0.4) is 0 Å². The number of Topliss-reactive ketones (excluding diaryl/α,β-unsaturated/α-hetero) is 1. The van der Waals surface area contributed by atoms with E-state index in [1.165, 1.54) is 5.56 Å². The Hall–Kier alpha value is -2.42. The van der Waals surface area contributed by atoms with Crippen LogP contribution in [0.2, 0.25) is 0 Å². The maximum absolute atomic E-state index is 12.5. The third-order valence-electron chi connectivity index (χ3n) is 7.48. The average molecular weight is 508 g/mol. The summed E-state index contributed by atoms with van der Waals surface area (Å²) in [5, 5.41) is 3.75. The summed E-state index contributed by atoms with van der Waals surface area (Å²) in [6.07, 6.45) is 2.84. The summed E-state index contributed by atoms with van der Waals surface area (Å²) in [5.41, 5.74) is 2.67. The highest BCUT2D eigenvalue weighted by Crippen LogP contribution is 2.33. The summed E-state index contributed by atoms with van der Waals surface area (Å²) < 4.78 is 48.0. The number of halogens is 3. The van der Waals surface area contributed by atoms with E-state index in [4.69, 9.17) is 9.26 Å². The average Bonchev–Trinajstić information content (AvgIpc) is 3.15. The second-order valence-electron chi connectivity index (χ2n) is 10.3. The minimum absolute atomic E-state index is 0.0436. The van der Waals surface area contributed by atoms with Crippen molar-refractivity contribution in [2.75, 3.05) is 26.2 Å². The van der Waals surface area contributed by atoms with E-state index in [0.29, 0.717) is 35.6 Å². The SMILES string of the molecule is Cc1cc(OCC(=O)CC2CCC(CCN3CCc4ccc(CCC(F)(F)F)nc4CC3)CC2)no1. The summed E-state index contributed by atoms with van der Waals surface area (Å²) in [7, 11) is 0. The van der Waals surface area contributed by atoms with Crippen LogP contribution in [-0.2, 0) is 24.1 Å². The van der Waals surface area contributed by atoms with E-state index in [9.17, 15) is 18.0 Å². The normalized spacial score (nSPS) is 21.1. The first-order valence-corrected chi connectivity index (χ1v) is 13.1. The van der Waals surface area contributed by atoms with Crippen molar-refractivity contribution in [1.82, 2.24) is 15.0 Å². The summed E-state index contributed by atoms with van der Waals surface area (Å²) in [5.74, 6) is 2.24. The van der Waals surface area contributed by atoms with Gasteiger partial charge in [0.2, 0.25) is 0 Å². The van der Waals surface area contributed by atoms with Gasteiger partial charge in [-0.05, 0) is 74.2 Å². The van der Waals surface area contributed by atoms with Crippen LogP contribution in [0.4, 0.5) is 13.2 Å². The van der Waals surface area contributed by atoms with Gasteiger partial charge >= 0.3 is 6.18 Å². The molecule has 1 saturated carbocycles. The third-order valence-corrected chi connectivity index (χ3v) is 7.48. The number of nitrogens with zero attached hydrogens (tertiary/aromatic N) is 3. The van der Waals surface area contributed by atoms with Crippen molar-refractivity contribution in [3.05, 3.63) is 40.9 Å². The smallest absolute Gasteiger partial charge is 0.389 e. The highest BCUT2D eigenvalue weighted by atomic mass is 19.4. The van der Waals surface area contributed by atoms with Gasteiger partial charge in [-0.25, -0.2) is 0 Å². The molecule has 0 unspecified atom stereocenters. The van der Waals surface area contributed by atoms with Crippen LogP contribution in [0, 0.1) is 18.8 Å². The second-order valence-corrected chi connectivity index (χ2v) is 10.3. The Bertz CT molecular complexity index is 1000. The standard InChI is InChI=1S/C27H36F3N3O3/c1-19-16-26(32-36-19)35-18-24(34)17-21-4-2-20(3-5-21)9-13-33-14-10-22-6-7-23(8-12-27(28,29)30)31-25(22)11-15-33/h6-7,16,20-21H,2-5,8-15,17-18H2,1H3. The zero-order valence-corrected chi connectivity index (χ0v) is 21.0. The number of pyridine rings is 1. The van der Waals surface area contributed by atoms with E-state index < -0.39 is 12.6 Å². The minimum Gasteiger partial charge on any atom is -0.467 e. The summed E-state index contributed by atoms with van der Waals surface area (Å²) in [4.78, 5) is 19.3. The molecule has 0 bridgehead atoms. The van der Waals surface area contributed by atoms with Crippen LogP contribution in [0.15, 0.2) is 22.7 Å². The number of carbonyl (C=O) groups is 1. The molecule has 1 fully saturated rings. The lowest BCUT2D eigenvalue weighted by Gasteiger charge is -2.30. The zero-order valence-electron chi connectivity index (χ0n) is 21.0. The molecule has 0 N–H and O–H groups in total. The predicted octanol–water partition coefficient (Wildman–Crippen LogP) is 5.51. The van der Waals surface area contributed by atoms with E-state index in [1.54, 1.807) is 19.1 Å². The Morgan fingerprint density at radius 2 is 1.89 bits per heavy atom. The van der Waals surface area contributed by atoms with Crippen molar-refractivity contribution < 1.29 is 27.2 Å². The monoisotopic (exact) mass is 507 g/mol. The maximum atomic E-state index is 12.5. The molecule has 0 saturated heterocycles. The van der Waals surface area contributed by atoms with Gasteiger partial charge in [-0.15, -0.1) is 0 Å². The molecule has 4 rings (SSSR count). The van der Waals surface area contributed by atoms with E-state index in [-0.39, 0.29) is 18.8 Å². The van der Waals surface area contributed by atoms with Crippen LogP contribution < -0.4 is 4.74 Å². The highest BCUT2D eigenvalue weighted by molar-refractivity contribution is 5.80. The number of rotatable bonds is 10. The fourth-order valence-corrected chi connectivity index (χ4v) is 5.34. The van der Waals surface area contributed by atoms with Gasteiger partial charge < -0.3 is 14.2 Å². The number of ether oxygens (including phenoxy) is 1. The number of hydrogen-bond acceptors (Lipinski definition) is 6. The van der Waals surface area contributed by atoms with Crippen LogP contribution in [-0.4, -0.2) is 53.2 Å². The van der Waals surface area contributed by atoms with Gasteiger partial charge in [0, 0.05) is 49.8 Å². The summed E-state index contributed by atoms with van der Waals surface area (Å²) >= 11 is 0. The van der Waals surface area contributed by atoms with E-state index in [0.717, 1.165) is 70.3 Å². The highest BCUT2D eigenvalue weighted by Gasteiger charge is 2.27. The van der Waals surface area contributed by atoms with E-state index in [2.05, 4.69) is 15.0 Å². The molecule has 0 amide bonds. The van der Waals surface area contributed by atoms with Crippen molar-refractivity contribution in [2.24, 2.45) is 11.8 Å². The van der Waals surface area contributed by atoms with Crippen molar-refractivity contribution >= 4 is 5.78 Å². The predicted molar refractivity (Wildman–Crippen MR) is 129 cm³/mol. The summed E-state index contributed by atoms with van der Waals surface area (Å²) in [6.45, 7) is 4.73. The Morgan fingerprint density at radius 3 is 2.61 bits per heavy atom. The molecular weight excluding hydrogens is 471 g/mol. The Kier molecular flexibility index (Phi) is 9.04. The number of alkyl halides is 3. The maximum Gasteiger partial charge on any atom is 0.389 e. The Balaban J connectivity index is 1.13. The van der Waals surface area contributed by atoms with Crippen molar-refractivity contribution in [1.29, 1.82) is 0 Å². The molecule has 2 aliphatic rings. The molecule has 0 spiro atoms. The number of ketones is 1. The van der Waals surface area contributed by atoms with Gasteiger partial charge in [-0.3, -0.25) is 9.78 Å². The van der Waals surface area contributed by atoms with E-state index >= 15 is 0 Å². The van der Waals surface area contributed by atoms with Crippen molar-refractivity contribution in [2.45, 2.75) is 77.3 Å². The fraction of sp³-hybridized carbons (Fsp3) is 0.667. The number of carbonyl (C=O) groups excluding carboxylic acids is 1. The topological polar surface area (TPSA) is 68.5 Å². The number of aromatic nitrogens is 2. The first-order chi connectivity index (χ1) is 17.2. The molecule has 0 radical (unpaired) electrons. The van der Waals surface area contributed by atoms with Crippen LogP contribution in [0.25, 0.3) is 0 Å². The number of fused-ring (bicyclic) bond motifs is 1. The summed E-state index contributed by atoms with van der Waals surface area (Å²) in [6, 6.07) is 5.40. The largest absolute Gasteiger partial charge is 0.467 e. The molecule has 36 heavy (non-hydrogen) atoms. The third kappa shape index (κ3) is 8.32. The van der Waals surface area contributed by atoms with Crippen LogP contribution in [0.1, 0.15) is 67.7 Å². The van der Waals surface area contributed by atoms with Gasteiger partial charge in [0.05, 0.1) is 0 Å². The van der Waals surface area contributed by atoms with Gasteiger partial charge in [0.15, 0.2) is 5.78 Å². The van der Waals surface area contributed by atoms with Crippen molar-refractivity contribution in [3.63, 3.8) is 0 Å². The van der Waals surface area contributed by atoms with Gasteiger partial charge in [0.1, 0.15) is 12.4 Å². The van der Waals surface area contributed by atoms with E-state index in [1.807, 2.05) is 6.07 Å². The fourth-order valence-electron chi connectivity index (χ4n) is 5.34. The number of aryl methyl sites for hydroxylation is 2. The zero-order chi connectivity index (χ0) is 25.5. The molecule has 0 atom stereocenters. The lowest BCUT2D eigenvalue weighted by atomic mass is 9.78. The molecule has 3 heterocycles. The minimum atomic E-state index is -4.15. The van der Waals surface area contributed by atoms with Gasteiger partial charge in [-0.2, -0.15) is 13.2 Å². The quantitative estimate of drug-likeness (QED) is 0.423. The second kappa shape index (κ2) is 12.2. The molecule has 198 valence electrons. The van der Waals surface area contributed by atoms with Gasteiger partial charge in [-0.1, -0.05) is 18.9 Å². The molecule has 1 aliphatic carbocycles. The molecule has 1 aliphatic heterocycles. The van der Waals surface area contributed by atoms with Crippen LogP contribution >= 0.6 is 0 Å². The van der Waals surface area contributed by atoms with Crippen LogP contribution in [0.5, 0.6) is 5.88 Å². The molecule has 2 aromatic heterocycles. The Labute approximate surface area is 210 Å². The Morgan fingerprint density at radius 1 is 1.14 bits per heavy atom. The number of hydrogen-bond donors (Lipinski definition) is 0. The molecule has 6 nitrogen and oxygen atoms in total. The lowest BCUT2D eigenvalue weighted by molar-refractivity contribution is -0.134. The molecule has 2 aromatic rings. The first kappa shape index (κ1) is 26.6. The van der Waals surface area contributed by atoms with Crippen molar-refractivity contribution in [3.8, 4) is 5.88 Å². The molecule has 0 aromatic carbocycles. The molecule has 9 heteroatoms. The first-order valence-electron chi connectivity index (χ1n) is 13.1. The molecular formula is C27H36F3N3O3.